The minimum atomic E-state index is -4.60. The van der Waals surface area contributed by atoms with E-state index >= 15 is 0 Å². The minimum absolute atomic E-state index is 0.0808. The van der Waals surface area contributed by atoms with Gasteiger partial charge in [0, 0.05) is 20.3 Å². The standard InChI is InChI=1S/C17H19Cl2F3N2O3/c1-16(24(3)15(26)27,11-5-6-12(18)13(19)9-11)7-4-8-23(2)14(25)10-17(20,21)22/h4-6,8-9H,7,10H2,1-3H3,(H,26,27). The van der Waals surface area contributed by atoms with Crippen LogP contribution in [0.1, 0.15) is 25.3 Å². The van der Waals surface area contributed by atoms with Crippen molar-refractivity contribution >= 4 is 35.2 Å². The molecule has 1 aromatic rings. The number of amides is 2. The third kappa shape index (κ3) is 6.32. The molecule has 1 atom stereocenters. The Bertz CT molecular complexity index is 741. The summed E-state index contributed by atoms with van der Waals surface area (Å²) in [5, 5.41) is 9.92. The molecule has 0 radical (unpaired) electrons. The summed E-state index contributed by atoms with van der Waals surface area (Å²) in [5.74, 6) is -1.12. The van der Waals surface area contributed by atoms with Gasteiger partial charge in [-0.25, -0.2) is 4.79 Å². The number of alkyl halides is 3. The van der Waals surface area contributed by atoms with Crippen molar-refractivity contribution in [1.29, 1.82) is 0 Å². The third-order valence-electron chi connectivity index (χ3n) is 4.16. The lowest BCUT2D eigenvalue weighted by Crippen LogP contribution is -2.44. The van der Waals surface area contributed by atoms with Crippen molar-refractivity contribution in [3.05, 3.63) is 46.1 Å². The third-order valence-corrected chi connectivity index (χ3v) is 4.90. The Balaban J connectivity index is 3.07. The lowest BCUT2D eigenvalue weighted by Gasteiger charge is -2.37. The highest BCUT2D eigenvalue weighted by Crippen LogP contribution is 2.35. The molecule has 10 heteroatoms. The van der Waals surface area contributed by atoms with Gasteiger partial charge in [-0.2, -0.15) is 13.2 Å². The van der Waals surface area contributed by atoms with Gasteiger partial charge in [-0.15, -0.1) is 0 Å². The molecule has 0 saturated heterocycles. The molecular weight excluding hydrogens is 408 g/mol. The highest BCUT2D eigenvalue weighted by atomic mass is 35.5. The molecule has 1 aromatic carbocycles. The maximum absolute atomic E-state index is 12.3. The number of benzene rings is 1. The van der Waals surface area contributed by atoms with Gasteiger partial charge in [0.15, 0.2) is 0 Å². The van der Waals surface area contributed by atoms with Crippen LogP contribution in [0.25, 0.3) is 0 Å². The Morgan fingerprint density at radius 1 is 1.19 bits per heavy atom. The average Bonchev–Trinajstić information content (AvgIpc) is 2.54. The van der Waals surface area contributed by atoms with Gasteiger partial charge in [-0.05, 0) is 31.0 Å². The van der Waals surface area contributed by atoms with Crippen LogP contribution in [0, 0.1) is 0 Å². The van der Waals surface area contributed by atoms with Gasteiger partial charge in [0.1, 0.15) is 6.42 Å². The van der Waals surface area contributed by atoms with E-state index in [0.29, 0.717) is 10.6 Å². The van der Waals surface area contributed by atoms with E-state index < -0.39 is 30.1 Å². The highest BCUT2D eigenvalue weighted by Gasteiger charge is 2.35. The molecule has 1 N–H and O–H groups in total. The van der Waals surface area contributed by atoms with Crippen LogP contribution < -0.4 is 0 Å². The topological polar surface area (TPSA) is 60.9 Å². The van der Waals surface area contributed by atoms with Crippen molar-refractivity contribution in [3.8, 4) is 0 Å². The first-order valence-corrected chi connectivity index (χ1v) is 8.45. The van der Waals surface area contributed by atoms with Gasteiger partial charge in [-0.3, -0.25) is 4.79 Å². The number of carboxylic acid groups (broad SMARTS) is 1. The molecule has 0 bridgehead atoms. The van der Waals surface area contributed by atoms with E-state index in [2.05, 4.69) is 0 Å². The maximum atomic E-state index is 12.3. The molecule has 0 fully saturated rings. The van der Waals surface area contributed by atoms with E-state index in [-0.39, 0.29) is 11.4 Å². The fourth-order valence-corrected chi connectivity index (χ4v) is 2.61. The van der Waals surface area contributed by atoms with Crippen molar-refractivity contribution < 1.29 is 27.9 Å². The van der Waals surface area contributed by atoms with Crippen molar-refractivity contribution in [2.24, 2.45) is 0 Å². The van der Waals surface area contributed by atoms with Crippen molar-refractivity contribution in [2.45, 2.75) is 31.5 Å². The first-order valence-electron chi connectivity index (χ1n) is 7.69. The van der Waals surface area contributed by atoms with Crippen molar-refractivity contribution in [2.75, 3.05) is 14.1 Å². The van der Waals surface area contributed by atoms with Crippen LogP contribution in [0.15, 0.2) is 30.5 Å². The lowest BCUT2D eigenvalue weighted by molar-refractivity contribution is -0.158. The van der Waals surface area contributed by atoms with Gasteiger partial charge in [0.2, 0.25) is 5.91 Å². The van der Waals surface area contributed by atoms with Crippen LogP contribution in [0.4, 0.5) is 18.0 Å². The van der Waals surface area contributed by atoms with E-state index in [9.17, 15) is 27.9 Å². The molecular formula is C17H19Cl2F3N2O3. The van der Waals surface area contributed by atoms with Crippen LogP contribution >= 0.6 is 23.2 Å². The number of rotatable bonds is 6. The largest absolute Gasteiger partial charge is 0.465 e. The second kappa shape index (κ2) is 8.84. The summed E-state index contributed by atoms with van der Waals surface area (Å²) in [5.41, 5.74) is -0.555. The lowest BCUT2D eigenvalue weighted by atomic mass is 9.87. The Labute approximate surface area is 164 Å². The Morgan fingerprint density at radius 2 is 1.78 bits per heavy atom. The number of carbonyl (C=O) groups excluding carboxylic acids is 1. The summed E-state index contributed by atoms with van der Waals surface area (Å²) in [4.78, 5) is 24.9. The normalized spacial score (nSPS) is 14.1. The molecule has 0 aliphatic carbocycles. The SMILES string of the molecule is CN(C=CCC(C)(c1ccc(Cl)c(Cl)c1)N(C)C(=O)O)C(=O)CC(F)(F)F. The predicted molar refractivity (Wildman–Crippen MR) is 96.8 cm³/mol. The highest BCUT2D eigenvalue weighted by molar-refractivity contribution is 6.42. The molecule has 0 saturated carbocycles. The Hall–Kier alpha value is -1.93. The van der Waals surface area contributed by atoms with E-state index in [1.54, 1.807) is 13.0 Å². The zero-order valence-electron chi connectivity index (χ0n) is 14.8. The second-order valence-corrected chi connectivity index (χ2v) is 6.94. The second-order valence-electron chi connectivity index (χ2n) is 6.13. The first-order chi connectivity index (χ1) is 12.3. The molecule has 1 unspecified atom stereocenters. The van der Waals surface area contributed by atoms with Crippen LogP contribution in [0.3, 0.4) is 0 Å². The minimum Gasteiger partial charge on any atom is -0.465 e. The fraction of sp³-hybridized carbons (Fsp3) is 0.412. The maximum Gasteiger partial charge on any atom is 0.407 e. The van der Waals surface area contributed by atoms with E-state index in [4.69, 9.17) is 23.2 Å². The zero-order valence-corrected chi connectivity index (χ0v) is 16.4. The molecule has 0 aromatic heterocycles. The molecule has 1 rings (SSSR count). The fourth-order valence-electron chi connectivity index (χ4n) is 2.31. The monoisotopic (exact) mass is 426 g/mol. The van der Waals surface area contributed by atoms with Gasteiger partial charge in [0.25, 0.3) is 0 Å². The number of carbonyl (C=O) groups is 2. The Kier molecular flexibility index (Phi) is 7.57. The summed E-state index contributed by atoms with van der Waals surface area (Å²) >= 11 is 11.9. The molecule has 0 aliphatic rings. The summed E-state index contributed by atoms with van der Waals surface area (Å²) in [6.07, 6.45) is -4.70. The summed E-state index contributed by atoms with van der Waals surface area (Å²) < 4.78 is 36.9. The predicted octanol–water partition coefficient (Wildman–Crippen LogP) is 5.13. The number of nitrogens with zero attached hydrogens (tertiary/aromatic N) is 2. The molecule has 27 heavy (non-hydrogen) atoms. The quantitative estimate of drug-likeness (QED) is 0.685. The molecule has 2 amide bonds. The average molecular weight is 427 g/mol. The van der Waals surface area contributed by atoms with Gasteiger partial charge >= 0.3 is 12.3 Å². The first kappa shape index (κ1) is 23.1. The van der Waals surface area contributed by atoms with E-state index in [0.717, 1.165) is 9.80 Å². The Morgan fingerprint density at radius 3 is 2.26 bits per heavy atom. The van der Waals surface area contributed by atoms with Crippen LogP contribution in [-0.4, -0.2) is 47.2 Å². The van der Waals surface area contributed by atoms with Crippen molar-refractivity contribution in [3.63, 3.8) is 0 Å². The molecule has 0 heterocycles. The summed E-state index contributed by atoms with van der Waals surface area (Å²) in [7, 11) is 2.55. The van der Waals surface area contributed by atoms with Crippen molar-refractivity contribution in [1.82, 2.24) is 9.80 Å². The van der Waals surface area contributed by atoms with E-state index in [1.807, 2.05) is 0 Å². The number of hydrogen-bond acceptors (Lipinski definition) is 2. The summed E-state index contributed by atoms with van der Waals surface area (Å²) in [6.45, 7) is 1.63. The number of hydrogen-bond donors (Lipinski definition) is 1. The van der Waals surface area contributed by atoms with Gasteiger partial charge < -0.3 is 14.9 Å². The van der Waals surface area contributed by atoms with Crippen LogP contribution in [0.2, 0.25) is 10.0 Å². The zero-order chi connectivity index (χ0) is 21.0. The van der Waals surface area contributed by atoms with Gasteiger partial charge in [-0.1, -0.05) is 35.3 Å². The smallest absolute Gasteiger partial charge is 0.407 e. The molecule has 0 aliphatic heterocycles. The molecule has 5 nitrogen and oxygen atoms in total. The van der Waals surface area contributed by atoms with E-state index in [1.165, 1.54) is 38.5 Å². The van der Waals surface area contributed by atoms with Crippen LogP contribution in [0.5, 0.6) is 0 Å². The van der Waals surface area contributed by atoms with Crippen LogP contribution in [-0.2, 0) is 10.3 Å². The molecule has 0 spiro atoms. The molecule has 150 valence electrons. The summed E-state index contributed by atoms with van der Waals surface area (Å²) in [6, 6.07) is 4.66. The van der Waals surface area contributed by atoms with Gasteiger partial charge in [0.05, 0.1) is 15.6 Å². The number of halogens is 5.